The second-order valence-corrected chi connectivity index (χ2v) is 11.0. The highest BCUT2D eigenvalue weighted by molar-refractivity contribution is 7.92. The van der Waals surface area contributed by atoms with Crippen molar-refractivity contribution >= 4 is 32.4 Å². The molecule has 1 saturated carbocycles. The minimum absolute atomic E-state index is 0.188. The number of H-pyrrole nitrogens is 1. The maximum absolute atomic E-state index is 12.4. The number of fused-ring (bicyclic) bond motifs is 1. The van der Waals surface area contributed by atoms with Crippen molar-refractivity contribution in [2.24, 2.45) is 4.36 Å². The summed E-state index contributed by atoms with van der Waals surface area (Å²) >= 11 is 0. The predicted molar refractivity (Wildman–Crippen MR) is 119 cm³/mol. The van der Waals surface area contributed by atoms with Gasteiger partial charge in [-0.1, -0.05) is 0 Å². The molecule has 3 aromatic rings. The Morgan fingerprint density at radius 2 is 2.10 bits per heavy atom. The summed E-state index contributed by atoms with van der Waals surface area (Å²) in [6, 6.07) is 6.12. The first kappa shape index (κ1) is 19.4. The van der Waals surface area contributed by atoms with Crippen molar-refractivity contribution in [1.82, 2.24) is 19.9 Å². The van der Waals surface area contributed by atoms with Gasteiger partial charge in [-0.25, -0.2) is 19.2 Å². The lowest BCUT2D eigenvalue weighted by atomic mass is 10.1. The maximum Gasteiger partial charge on any atom is 0.167 e. The van der Waals surface area contributed by atoms with Gasteiger partial charge >= 0.3 is 0 Å². The molecular formula is C21H26N6O2S. The van der Waals surface area contributed by atoms with Crippen LogP contribution < -0.4 is 4.90 Å². The first-order valence-corrected chi connectivity index (χ1v) is 12.6. The molecule has 158 valence electrons. The van der Waals surface area contributed by atoms with Crippen LogP contribution in [0.25, 0.3) is 22.4 Å². The van der Waals surface area contributed by atoms with E-state index in [2.05, 4.69) is 37.2 Å². The number of pyridine rings is 1. The highest BCUT2D eigenvalue weighted by Gasteiger charge is 2.27. The Morgan fingerprint density at radius 3 is 2.83 bits per heavy atom. The standard InChI is InChI=1S/C21H26N6O2S/c1-13-12-29-9-8-27(13)19-11-18(26-30(2,3)28)24-21(25-19)15-6-7-22-20-16(15)10-17(23-20)14-4-5-14/h6-7,10-11,13-14H,4-5,8-9,12H2,1-3H3,(H,22,23)/t13-/m1/s1. The minimum atomic E-state index is -2.36. The molecule has 1 saturated heterocycles. The lowest BCUT2D eigenvalue weighted by Gasteiger charge is -2.34. The maximum atomic E-state index is 12.4. The number of hydrogen-bond donors (Lipinski definition) is 1. The SMILES string of the molecule is C[C@@H]1COCCN1c1cc(N=S(C)(C)=O)nc(-c2ccnc3[nH]c(C4CC4)cc23)n1. The van der Waals surface area contributed by atoms with E-state index in [-0.39, 0.29) is 6.04 Å². The molecule has 1 aliphatic carbocycles. The van der Waals surface area contributed by atoms with Gasteiger partial charge in [-0.05, 0) is 37.8 Å². The van der Waals surface area contributed by atoms with Gasteiger partial charge in [0, 0.05) is 57.7 Å². The van der Waals surface area contributed by atoms with Crippen LogP contribution in [0.4, 0.5) is 11.6 Å². The van der Waals surface area contributed by atoms with Crippen molar-refractivity contribution in [2.45, 2.75) is 31.7 Å². The Morgan fingerprint density at radius 1 is 1.27 bits per heavy atom. The zero-order chi connectivity index (χ0) is 20.9. The summed E-state index contributed by atoms with van der Waals surface area (Å²) in [6.07, 6.45) is 7.44. The number of aromatic amines is 1. The van der Waals surface area contributed by atoms with Crippen molar-refractivity contribution < 1.29 is 8.95 Å². The third-order valence-corrected chi connectivity index (χ3v) is 6.11. The van der Waals surface area contributed by atoms with Crippen molar-refractivity contribution in [3.8, 4) is 11.4 Å². The van der Waals surface area contributed by atoms with Crippen molar-refractivity contribution in [3.63, 3.8) is 0 Å². The quantitative estimate of drug-likeness (QED) is 0.686. The summed E-state index contributed by atoms with van der Waals surface area (Å²) in [5.41, 5.74) is 2.97. The fourth-order valence-electron chi connectivity index (χ4n) is 3.89. The van der Waals surface area contributed by atoms with E-state index < -0.39 is 9.73 Å². The third kappa shape index (κ3) is 3.91. The molecule has 0 bridgehead atoms. The van der Waals surface area contributed by atoms with Gasteiger partial charge in [0.2, 0.25) is 0 Å². The number of nitrogens with one attached hydrogen (secondary N) is 1. The Bertz CT molecular complexity index is 1220. The van der Waals surface area contributed by atoms with Crippen LogP contribution in [-0.2, 0) is 14.5 Å². The molecule has 9 heteroatoms. The van der Waals surface area contributed by atoms with Gasteiger partial charge in [0.25, 0.3) is 0 Å². The highest BCUT2D eigenvalue weighted by atomic mass is 32.2. The fraction of sp³-hybridized carbons (Fsp3) is 0.476. The molecular weight excluding hydrogens is 400 g/mol. The molecule has 0 amide bonds. The molecule has 2 aliphatic rings. The van der Waals surface area contributed by atoms with Crippen LogP contribution in [0.1, 0.15) is 31.4 Å². The van der Waals surface area contributed by atoms with Gasteiger partial charge in [-0.2, -0.15) is 4.36 Å². The third-order valence-electron chi connectivity index (χ3n) is 5.49. The highest BCUT2D eigenvalue weighted by Crippen LogP contribution is 2.41. The van der Waals surface area contributed by atoms with Crippen LogP contribution in [0.15, 0.2) is 28.8 Å². The van der Waals surface area contributed by atoms with E-state index in [9.17, 15) is 4.21 Å². The number of anilines is 1. The minimum Gasteiger partial charge on any atom is -0.377 e. The molecule has 0 unspecified atom stereocenters. The molecule has 0 spiro atoms. The van der Waals surface area contributed by atoms with E-state index in [1.165, 1.54) is 18.5 Å². The fourth-order valence-corrected chi connectivity index (χ4v) is 4.43. The normalized spacial score (nSPS) is 20.0. The van der Waals surface area contributed by atoms with E-state index >= 15 is 0 Å². The number of nitrogens with zero attached hydrogens (tertiary/aromatic N) is 5. The largest absolute Gasteiger partial charge is 0.377 e. The summed E-state index contributed by atoms with van der Waals surface area (Å²) in [6.45, 7) is 4.15. The lowest BCUT2D eigenvalue weighted by molar-refractivity contribution is 0.0985. The lowest BCUT2D eigenvalue weighted by Crippen LogP contribution is -2.44. The van der Waals surface area contributed by atoms with E-state index in [1.807, 2.05) is 12.1 Å². The van der Waals surface area contributed by atoms with E-state index in [0.29, 0.717) is 30.8 Å². The molecule has 1 atom stereocenters. The predicted octanol–water partition coefficient (Wildman–Crippen LogP) is 3.48. The Labute approximate surface area is 176 Å². The van der Waals surface area contributed by atoms with Crippen LogP contribution >= 0.6 is 0 Å². The van der Waals surface area contributed by atoms with Crippen LogP contribution in [-0.4, -0.2) is 62.5 Å². The summed E-state index contributed by atoms with van der Waals surface area (Å²) < 4.78 is 22.3. The topological polar surface area (TPSA) is 96.4 Å². The second kappa shape index (κ2) is 7.31. The number of hydrogen-bond acceptors (Lipinski definition) is 7. The molecule has 0 radical (unpaired) electrons. The van der Waals surface area contributed by atoms with Crippen molar-refractivity contribution in [2.75, 3.05) is 37.2 Å². The summed E-state index contributed by atoms with van der Waals surface area (Å²) in [7, 11) is -2.36. The zero-order valence-corrected chi connectivity index (χ0v) is 18.3. The molecule has 4 heterocycles. The smallest absolute Gasteiger partial charge is 0.167 e. The molecule has 8 nitrogen and oxygen atoms in total. The Hall–Kier alpha value is -2.52. The molecule has 3 aromatic heterocycles. The zero-order valence-electron chi connectivity index (χ0n) is 17.5. The van der Waals surface area contributed by atoms with Crippen LogP contribution in [0, 0.1) is 0 Å². The van der Waals surface area contributed by atoms with Gasteiger partial charge in [-0.15, -0.1) is 0 Å². The number of aromatic nitrogens is 4. The molecule has 1 N–H and O–H groups in total. The molecule has 30 heavy (non-hydrogen) atoms. The van der Waals surface area contributed by atoms with Crippen LogP contribution in [0.3, 0.4) is 0 Å². The average Bonchev–Trinajstić information content (AvgIpc) is 3.45. The van der Waals surface area contributed by atoms with Gasteiger partial charge in [0.1, 0.15) is 11.5 Å². The number of ether oxygens (including phenoxy) is 1. The van der Waals surface area contributed by atoms with Crippen molar-refractivity contribution in [3.05, 3.63) is 30.1 Å². The molecule has 2 fully saturated rings. The van der Waals surface area contributed by atoms with Crippen molar-refractivity contribution in [1.29, 1.82) is 0 Å². The first-order chi connectivity index (χ1) is 14.4. The monoisotopic (exact) mass is 426 g/mol. The summed E-state index contributed by atoms with van der Waals surface area (Å²) in [4.78, 5) is 19.7. The Kier molecular flexibility index (Phi) is 4.74. The molecule has 5 rings (SSSR count). The van der Waals surface area contributed by atoms with Gasteiger partial charge in [0.05, 0.1) is 19.3 Å². The summed E-state index contributed by atoms with van der Waals surface area (Å²) in [5, 5.41) is 1.01. The first-order valence-electron chi connectivity index (χ1n) is 10.3. The summed E-state index contributed by atoms with van der Waals surface area (Å²) in [5.74, 6) is 2.39. The van der Waals surface area contributed by atoms with E-state index in [4.69, 9.17) is 9.72 Å². The second-order valence-electron chi connectivity index (χ2n) is 8.42. The van der Waals surface area contributed by atoms with Gasteiger partial charge < -0.3 is 14.6 Å². The van der Waals surface area contributed by atoms with E-state index in [0.717, 1.165) is 29.0 Å². The number of morpholine rings is 1. The average molecular weight is 427 g/mol. The van der Waals surface area contributed by atoms with E-state index in [1.54, 1.807) is 18.7 Å². The molecule has 0 aromatic carbocycles. The van der Waals surface area contributed by atoms with Crippen LogP contribution in [0.5, 0.6) is 0 Å². The van der Waals surface area contributed by atoms with Crippen LogP contribution in [0.2, 0.25) is 0 Å². The molecule has 1 aliphatic heterocycles. The van der Waals surface area contributed by atoms with Gasteiger partial charge in [-0.3, -0.25) is 0 Å². The Balaban J connectivity index is 1.67. The van der Waals surface area contributed by atoms with Gasteiger partial charge in [0.15, 0.2) is 11.6 Å². The number of rotatable bonds is 4.